The lowest BCUT2D eigenvalue weighted by molar-refractivity contribution is 0.501. The Balaban J connectivity index is 2.02. The van der Waals surface area contributed by atoms with Gasteiger partial charge in [0.15, 0.2) is 17.5 Å². The number of hydrogen-bond acceptors (Lipinski definition) is 5. The molecule has 1 aliphatic rings. The highest BCUT2D eigenvalue weighted by Crippen LogP contribution is 2.30. The summed E-state index contributed by atoms with van der Waals surface area (Å²) in [5.41, 5.74) is 15.7. The van der Waals surface area contributed by atoms with E-state index in [1.807, 2.05) is 0 Å². The van der Waals surface area contributed by atoms with Crippen molar-refractivity contribution in [3.05, 3.63) is 47.0 Å². The van der Waals surface area contributed by atoms with Crippen LogP contribution >= 0.6 is 0 Å². The first-order valence-corrected chi connectivity index (χ1v) is 5.64. The van der Waals surface area contributed by atoms with Crippen LogP contribution in [0, 0.1) is 11.6 Å². The van der Waals surface area contributed by atoms with E-state index in [1.54, 1.807) is 6.07 Å². The summed E-state index contributed by atoms with van der Waals surface area (Å²) in [6.07, 6.45) is 0.217. The molecule has 0 bridgehead atoms. The Labute approximate surface area is 107 Å². The zero-order valence-corrected chi connectivity index (χ0v) is 9.80. The summed E-state index contributed by atoms with van der Waals surface area (Å²) >= 11 is 0. The first kappa shape index (κ1) is 11.7. The van der Waals surface area contributed by atoms with Crippen LogP contribution in [-0.2, 0) is 6.42 Å². The predicted octanol–water partition coefficient (Wildman–Crippen LogP) is 1.79. The van der Waals surface area contributed by atoms with Crippen LogP contribution in [0.1, 0.15) is 11.1 Å². The van der Waals surface area contributed by atoms with Gasteiger partial charge in [0, 0.05) is 6.42 Å². The third-order valence-corrected chi connectivity index (χ3v) is 2.90. The minimum atomic E-state index is -0.861. The van der Waals surface area contributed by atoms with Crippen LogP contribution in [0.2, 0.25) is 0 Å². The number of nitrogens with two attached hydrogens (primary N) is 1. The van der Waals surface area contributed by atoms with E-state index in [4.69, 9.17) is 5.73 Å². The Kier molecular flexibility index (Phi) is 2.68. The molecule has 1 aliphatic heterocycles. The lowest BCUT2D eigenvalue weighted by Crippen LogP contribution is -2.19. The average Bonchev–Trinajstić information content (AvgIpc) is 2.83. The third kappa shape index (κ3) is 2.04. The van der Waals surface area contributed by atoms with Crippen LogP contribution in [0.5, 0.6) is 0 Å². The normalized spacial score (nSPS) is 12.7. The number of nitrogens with zero attached hydrogens (tertiary/aromatic N) is 1. The number of hydrazine groups is 2. The van der Waals surface area contributed by atoms with Crippen molar-refractivity contribution in [2.24, 2.45) is 0 Å². The number of pyridine rings is 1. The Hall–Kier alpha value is -2.41. The minimum absolute atomic E-state index is 0.217. The van der Waals surface area contributed by atoms with Gasteiger partial charge < -0.3 is 11.2 Å². The topological polar surface area (TPSA) is 75.0 Å². The monoisotopic (exact) mass is 263 g/mol. The minimum Gasteiger partial charge on any atom is -0.384 e. The molecule has 0 fully saturated rings. The molecule has 98 valence electrons. The first-order valence-electron chi connectivity index (χ1n) is 5.64. The standard InChI is InChI=1S/C12H11F2N5/c13-8-3-1-2-6(10(8)14)4-7-5-9(15)16-12-11(7)17-19-18-12/h1-3,5,17,19H,4H2,(H3,15,16,18). The molecule has 3 rings (SSSR count). The van der Waals surface area contributed by atoms with Crippen molar-refractivity contribution in [3.8, 4) is 0 Å². The smallest absolute Gasteiger partial charge is 0.169 e. The van der Waals surface area contributed by atoms with E-state index in [0.717, 1.165) is 11.6 Å². The second-order valence-electron chi connectivity index (χ2n) is 4.19. The molecule has 0 saturated carbocycles. The quantitative estimate of drug-likeness (QED) is 0.664. The molecule has 5 N–H and O–H groups in total. The fraction of sp³-hybridized carbons (Fsp3) is 0.0833. The highest BCUT2D eigenvalue weighted by Gasteiger charge is 2.18. The van der Waals surface area contributed by atoms with E-state index in [2.05, 4.69) is 21.4 Å². The van der Waals surface area contributed by atoms with E-state index < -0.39 is 11.6 Å². The zero-order chi connectivity index (χ0) is 13.4. The molecule has 0 radical (unpaired) electrons. The summed E-state index contributed by atoms with van der Waals surface area (Å²) in [5.74, 6) is -0.860. The van der Waals surface area contributed by atoms with Crippen molar-refractivity contribution in [2.75, 3.05) is 16.6 Å². The SMILES string of the molecule is Nc1cc(Cc2cccc(F)c2F)c2c(n1)NNN2. The van der Waals surface area contributed by atoms with Crippen LogP contribution in [0.25, 0.3) is 0 Å². The Morgan fingerprint density at radius 1 is 1.16 bits per heavy atom. The Morgan fingerprint density at radius 2 is 2.00 bits per heavy atom. The molecule has 2 aromatic rings. The summed E-state index contributed by atoms with van der Waals surface area (Å²) < 4.78 is 26.8. The summed E-state index contributed by atoms with van der Waals surface area (Å²) in [4.78, 5) is 4.07. The first-order chi connectivity index (χ1) is 9.15. The van der Waals surface area contributed by atoms with Crippen LogP contribution in [0.3, 0.4) is 0 Å². The van der Waals surface area contributed by atoms with Crippen LogP contribution < -0.4 is 22.1 Å². The van der Waals surface area contributed by atoms with Crippen molar-refractivity contribution in [3.63, 3.8) is 0 Å². The number of hydrogen-bond donors (Lipinski definition) is 4. The molecule has 19 heavy (non-hydrogen) atoms. The number of anilines is 3. The lowest BCUT2D eigenvalue weighted by Gasteiger charge is -2.09. The van der Waals surface area contributed by atoms with E-state index in [0.29, 0.717) is 17.3 Å². The van der Waals surface area contributed by atoms with Crippen LogP contribution in [0.4, 0.5) is 26.1 Å². The predicted molar refractivity (Wildman–Crippen MR) is 68.2 cm³/mol. The van der Waals surface area contributed by atoms with Gasteiger partial charge in [-0.3, -0.25) is 5.43 Å². The molecule has 0 saturated heterocycles. The highest BCUT2D eigenvalue weighted by atomic mass is 19.2. The molecular weight excluding hydrogens is 252 g/mol. The van der Waals surface area contributed by atoms with Gasteiger partial charge in [0.25, 0.3) is 0 Å². The Morgan fingerprint density at radius 3 is 2.84 bits per heavy atom. The van der Waals surface area contributed by atoms with E-state index in [1.165, 1.54) is 12.1 Å². The fourth-order valence-electron chi connectivity index (χ4n) is 2.03. The zero-order valence-electron chi connectivity index (χ0n) is 9.80. The maximum Gasteiger partial charge on any atom is 0.169 e. The molecule has 1 aromatic carbocycles. The van der Waals surface area contributed by atoms with E-state index >= 15 is 0 Å². The lowest BCUT2D eigenvalue weighted by atomic mass is 10.0. The maximum absolute atomic E-state index is 13.7. The fourth-order valence-corrected chi connectivity index (χ4v) is 2.03. The molecule has 0 aliphatic carbocycles. The van der Waals surface area contributed by atoms with E-state index in [-0.39, 0.29) is 12.0 Å². The number of nitrogens with one attached hydrogen (secondary N) is 3. The number of benzene rings is 1. The van der Waals surface area contributed by atoms with Gasteiger partial charge in [-0.25, -0.2) is 13.8 Å². The number of fused-ring (bicyclic) bond motifs is 1. The van der Waals surface area contributed by atoms with Crippen molar-refractivity contribution < 1.29 is 8.78 Å². The molecule has 0 amide bonds. The van der Waals surface area contributed by atoms with Crippen molar-refractivity contribution >= 4 is 17.3 Å². The summed E-state index contributed by atoms with van der Waals surface area (Å²) in [5, 5.41) is 0. The third-order valence-electron chi connectivity index (χ3n) is 2.90. The molecular formula is C12H11F2N5. The van der Waals surface area contributed by atoms with Crippen molar-refractivity contribution in [1.82, 2.24) is 10.5 Å². The van der Waals surface area contributed by atoms with Gasteiger partial charge in [0.1, 0.15) is 5.82 Å². The summed E-state index contributed by atoms with van der Waals surface area (Å²) in [7, 11) is 0. The molecule has 1 aromatic heterocycles. The number of aromatic nitrogens is 1. The Bertz CT molecular complexity index is 644. The number of nitrogen functional groups attached to an aromatic ring is 1. The second-order valence-corrected chi connectivity index (χ2v) is 4.19. The van der Waals surface area contributed by atoms with Gasteiger partial charge in [0.05, 0.1) is 5.69 Å². The summed E-state index contributed by atoms with van der Waals surface area (Å²) in [6, 6.07) is 5.73. The van der Waals surface area contributed by atoms with Crippen LogP contribution in [-0.4, -0.2) is 4.98 Å². The largest absolute Gasteiger partial charge is 0.384 e. The molecule has 0 atom stereocenters. The van der Waals surface area contributed by atoms with Gasteiger partial charge in [-0.05, 0) is 23.3 Å². The van der Waals surface area contributed by atoms with E-state index in [9.17, 15) is 8.78 Å². The van der Waals surface area contributed by atoms with Crippen molar-refractivity contribution in [1.29, 1.82) is 0 Å². The second kappa shape index (κ2) is 4.36. The van der Waals surface area contributed by atoms with Gasteiger partial charge >= 0.3 is 0 Å². The van der Waals surface area contributed by atoms with Gasteiger partial charge in [-0.15, -0.1) is 5.53 Å². The molecule has 2 heterocycles. The molecule has 5 nitrogen and oxygen atoms in total. The van der Waals surface area contributed by atoms with Crippen molar-refractivity contribution in [2.45, 2.75) is 6.42 Å². The van der Waals surface area contributed by atoms with Gasteiger partial charge in [-0.1, -0.05) is 12.1 Å². The molecule has 7 heteroatoms. The van der Waals surface area contributed by atoms with Gasteiger partial charge in [0.2, 0.25) is 0 Å². The number of halogens is 2. The highest BCUT2D eigenvalue weighted by molar-refractivity contribution is 5.74. The maximum atomic E-state index is 13.7. The summed E-state index contributed by atoms with van der Waals surface area (Å²) in [6.45, 7) is 0. The number of rotatable bonds is 2. The van der Waals surface area contributed by atoms with Gasteiger partial charge in [-0.2, -0.15) is 0 Å². The average molecular weight is 263 g/mol. The molecule has 0 unspecified atom stereocenters. The molecule has 0 spiro atoms. The van der Waals surface area contributed by atoms with Crippen LogP contribution in [0.15, 0.2) is 24.3 Å².